The largest absolute Gasteiger partial charge is 0.491 e. The van der Waals surface area contributed by atoms with E-state index >= 15 is 0 Å². The lowest BCUT2D eigenvalue weighted by Crippen LogP contribution is -2.03. The average molecular weight is 314 g/mol. The van der Waals surface area contributed by atoms with Gasteiger partial charge in [0.25, 0.3) is 9.05 Å². The van der Waals surface area contributed by atoms with Crippen molar-refractivity contribution < 1.29 is 13.2 Å². The van der Waals surface area contributed by atoms with Crippen LogP contribution in [0.5, 0.6) is 5.75 Å². The Hall–Kier alpha value is -1.33. The van der Waals surface area contributed by atoms with Gasteiger partial charge in [0.2, 0.25) is 0 Å². The molecule has 1 heterocycles. The van der Waals surface area contributed by atoms with Crippen molar-refractivity contribution in [2.24, 2.45) is 5.92 Å². The second-order valence-corrected chi connectivity index (χ2v) is 7.46. The number of rotatable bonds is 5. The van der Waals surface area contributed by atoms with Crippen LogP contribution >= 0.6 is 10.7 Å². The Kier molecular flexibility index (Phi) is 4.50. The molecule has 2 aromatic rings. The van der Waals surface area contributed by atoms with Gasteiger partial charge in [-0.3, -0.25) is 4.98 Å². The summed E-state index contributed by atoms with van der Waals surface area (Å²) in [5.74, 6) is 1.11. The molecule has 0 aliphatic heterocycles. The van der Waals surface area contributed by atoms with Crippen LogP contribution in [0.25, 0.3) is 10.9 Å². The van der Waals surface area contributed by atoms with Crippen molar-refractivity contribution in [2.45, 2.75) is 25.2 Å². The first-order chi connectivity index (χ1) is 9.39. The van der Waals surface area contributed by atoms with Crippen molar-refractivity contribution in [3.8, 4) is 5.75 Å². The van der Waals surface area contributed by atoms with Crippen LogP contribution in [0.4, 0.5) is 0 Å². The molecule has 0 bridgehead atoms. The van der Waals surface area contributed by atoms with Gasteiger partial charge in [-0.05, 0) is 36.6 Å². The van der Waals surface area contributed by atoms with Gasteiger partial charge in [0.05, 0.1) is 11.5 Å². The smallest absolute Gasteiger partial charge is 0.261 e. The molecule has 0 aliphatic carbocycles. The van der Waals surface area contributed by atoms with Crippen LogP contribution in [0.15, 0.2) is 35.4 Å². The molecule has 108 valence electrons. The average Bonchev–Trinajstić information content (AvgIpc) is 2.37. The summed E-state index contributed by atoms with van der Waals surface area (Å²) < 4.78 is 28.8. The van der Waals surface area contributed by atoms with E-state index in [9.17, 15) is 8.42 Å². The Labute approximate surface area is 123 Å². The highest BCUT2D eigenvalue weighted by Crippen LogP contribution is 2.31. The fourth-order valence-corrected chi connectivity index (χ4v) is 2.92. The van der Waals surface area contributed by atoms with Gasteiger partial charge in [-0.2, -0.15) is 0 Å². The fraction of sp³-hybridized carbons (Fsp3) is 0.357. The van der Waals surface area contributed by atoms with Gasteiger partial charge >= 0.3 is 0 Å². The van der Waals surface area contributed by atoms with Crippen LogP contribution in [0, 0.1) is 5.92 Å². The molecule has 2 rings (SSSR count). The molecule has 0 saturated carbocycles. The molecule has 0 saturated heterocycles. The summed E-state index contributed by atoms with van der Waals surface area (Å²) in [6.45, 7) is 4.79. The minimum atomic E-state index is -3.80. The third-order valence-electron chi connectivity index (χ3n) is 2.91. The van der Waals surface area contributed by atoms with Crippen LogP contribution in [0.2, 0.25) is 0 Å². The number of hydrogen-bond donors (Lipinski definition) is 0. The zero-order valence-electron chi connectivity index (χ0n) is 11.3. The normalized spacial score (nSPS) is 12.0. The van der Waals surface area contributed by atoms with Gasteiger partial charge in [-0.25, -0.2) is 8.42 Å². The molecule has 0 unspecified atom stereocenters. The SMILES string of the molecule is CC(C)CCOc1ccc(S(=O)(=O)Cl)c2cccnc12. The summed E-state index contributed by atoms with van der Waals surface area (Å²) in [6.07, 6.45) is 2.52. The standard InChI is InChI=1S/C14H16ClNO3S/c1-10(2)7-9-19-12-5-6-13(20(15,17)18)11-4-3-8-16-14(11)12/h3-6,8,10H,7,9H2,1-2H3. The monoisotopic (exact) mass is 313 g/mol. The highest BCUT2D eigenvalue weighted by atomic mass is 35.7. The summed E-state index contributed by atoms with van der Waals surface area (Å²) in [7, 11) is 1.64. The van der Waals surface area contributed by atoms with Crippen molar-refractivity contribution in [1.82, 2.24) is 4.98 Å². The second kappa shape index (κ2) is 5.97. The predicted molar refractivity (Wildman–Crippen MR) is 79.7 cm³/mol. The van der Waals surface area contributed by atoms with Gasteiger partial charge in [-0.1, -0.05) is 13.8 Å². The molecule has 6 heteroatoms. The molecule has 0 aliphatic rings. The van der Waals surface area contributed by atoms with E-state index in [-0.39, 0.29) is 4.90 Å². The van der Waals surface area contributed by atoms with Crippen molar-refractivity contribution in [2.75, 3.05) is 6.61 Å². The molecule has 0 spiro atoms. The molecule has 20 heavy (non-hydrogen) atoms. The molecule has 0 amide bonds. The predicted octanol–water partition coefficient (Wildman–Crippen LogP) is 3.59. The maximum Gasteiger partial charge on any atom is 0.261 e. The molecular weight excluding hydrogens is 298 g/mol. The Balaban J connectivity index is 2.44. The van der Waals surface area contributed by atoms with Crippen LogP contribution < -0.4 is 4.74 Å². The van der Waals surface area contributed by atoms with E-state index in [0.717, 1.165) is 6.42 Å². The molecule has 0 fully saturated rings. The Morgan fingerprint density at radius 1 is 1.30 bits per heavy atom. The first-order valence-electron chi connectivity index (χ1n) is 6.35. The molecule has 1 aromatic carbocycles. The molecule has 1 aromatic heterocycles. The Bertz CT molecular complexity index is 713. The highest BCUT2D eigenvalue weighted by Gasteiger charge is 2.17. The number of halogens is 1. The fourth-order valence-electron chi connectivity index (χ4n) is 1.85. The van der Waals surface area contributed by atoms with Crippen molar-refractivity contribution >= 4 is 30.6 Å². The molecule has 4 nitrogen and oxygen atoms in total. The molecule has 0 atom stereocenters. The van der Waals surface area contributed by atoms with Gasteiger partial charge in [-0.15, -0.1) is 0 Å². The summed E-state index contributed by atoms with van der Waals surface area (Å²) in [5.41, 5.74) is 0.512. The molecule has 0 N–H and O–H groups in total. The Morgan fingerprint density at radius 2 is 2.05 bits per heavy atom. The first kappa shape index (κ1) is 15.1. The number of benzene rings is 1. The lowest BCUT2D eigenvalue weighted by molar-refractivity contribution is 0.292. The summed E-state index contributed by atoms with van der Waals surface area (Å²) in [5, 5.41) is 0.476. The number of nitrogens with zero attached hydrogens (tertiary/aromatic N) is 1. The van der Waals surface area contributed by atoms with Crippen LogP contribution in [-0.2, 0) is 9.05 Å². The van der Waals surface area contributed by atoms with E-state index in [4.69, 9.17) is 15.4 Å². The quantitative estimate of drug-likeness (QED) is 0.792. The zero-order valence-corrected chi connectivity index (χ0v) is 12.9. The number of aromatic nitrogens is 1. The van der Waals surface area contributed by atoms with Crippen LogP contribution in [0.1, 0.15) is 20.3 Å². The molecule has 0 radical (unpaired) electrons. The third-order valence-corrected chi connectivity index (χ3v) is 4.29. The van der Waals surface area contributed by atoms with E-state index in [0.29, 0.717) is 29.2 Å². The number of pyridine rings is 1. The third kappa shape index (κ3) is 3.41. The second-order valence-electron chi connectivity index (χ2n) is 4.93. The molecular formula is C14H16ClNO3S. The van der Waals surface area contributed by atoms with Crippen molar-refractivity contribution in [3.63, 3.8) is 0 Å². The number of ether oxygens (including phenoxy) is 1. The lowest BCUT2D eigenvalue weighted by atomic mass is 10.1. The van der Waals surface area contributed by atoms with Gasteiger partial charge in [0.15, 0.2) is 0 Å². The minimum absolute atomic E-state index is 0.0541. The highest BCUT2D eigenvalue weighted by molar-refractivity contribution is 8.14. The van der Waals surface area contributed by atoms with Gasteiger partial charge < -0.3 is 4.74 Å². The Morgan fingerprint density at radius 3 is 2.70 bits per heavy atom. The topological polar surface area (TPSA) is 56.3 Å². The van der Waals surface area contributed by atoms with E-state index in [2.05, 4.69) is 18.8 Å². The maximum absolute atomic E-state index is 11.6. The summed E-state index contributed by atoms with van der Waals surface area (Å²) in [6, 6.07) is 6.40. The number of fused-ring (bicyclic) bond motifs is 1. The minimum Gasteiger partial charge on any atom is -0.491 e. The van der Waals surface area contributed by atoms with E-state index < -0.39 is 9.05 Å². The van der Waals surface area contributed by atoms with Crippen LogP contribution in [0.3, 0.4) is 0 Å². The van der Waals surface area contributed by atoms with E-state index in [1.54, 1.807) is 24.4 Å². The first-order valence-corrected chi connectivity index (χ1v) is 8.65. The van der Waals surface area contributed by atoms with E-state index in [1.807, 2.05) is 0 Å². The van der Waals surface area contributed by atoms with Crippen LogP contribution in [-0.4, -0.2) is 20.0 Å². The van der Waals surface area contributed by atoms with Crippen molar-refractivity contribution in [1.29, 1.82) is 0 Å². The van der Waals surface area contributed by atoms with Gasteiger partial charge in [0, 0.05) is 22.3 Å². The zero-order chi connectivity index (χ0) is 14.8. The van der Waals surface area contributed by atoms with Gasteiger partial charge in [0.1, 0.15) is 11.3 Å². The summed E-state index contributed by atoms with van der Waals surface area (Å²) >= 11 is 0. The van der Waals surface area contributed by atoms with E-state index in [1.165, 1.54) is 6.07 Å². The van der Waals surface area contributed by atoms with Crippen molar-refractivity contribution in [3.05, 3.63) is 30.5 Å². The lowest BCUT2D eigenvalue weighted by Gasteiger charge is -2.11. The number of hydrogen-bond acceptors (Lipinski definition) is 4. The summed E-state index contributed by atoms with van der Waals surface area (Å²) in [4.78, 5) is 4.26. The maximum atomic E-state index is 11.6.